The molecule has 4 aromatic rings. The van der Waals surface area contributed by atoms with Gasteiger partial charge in [0.2, 0.25) is 0 Å². The first-order valence-electron chi connectivity index (χ1n) is 12.0. The van der Waals surface area contributed by atoms with E-state index in [0.29, 0.717) is 23.6 Å². The van der Waals surface area contributed by atoms with E-state index in [1.54, 1.807) is 12.4 Å². The zero-order valence-electron chi connectivity index (χ0n) is 20.1. The number of nitrogens with zero attached hydrogens (tertiary/aromatic N) is 5. The Labute approximate surface area is 204 Å². The third kappa shape index (κ3) is 4.19. The molecular weight excluding hydrogens is 440 g/mol. The van der Waals surface area contributed by atoms with Gasteiger partial charge in [0.1, 0.15) is 17.3 Å². The second-order valence-corrected chi connectivity index (χ2v) is 8.63. The molecule has 9 heteroatoms. The molecule has 0 aromatic carbocycles. The number of hydrogen-bond acceptors (Lipinski definition) is 7. The lowest BCUT2D eigenvalue weighted by molar-refractivity contribution is 0.0966. The Bertz CT molecular complexity index is 1370. The monoisotopic (exact) mass is 470 g/mol. The maximum Gasteiger partial charge on any atom is 0.254 e. The van der Waals surface area contributed by atoms with Crippen molar-refractivity contribution < 1.29 is 4.79 Å². The Morgan fingerprint density at radius 2 is 1.89 bits per heavy atom. The average molecular weight is 471 g/mol. The van der Waals surface area contributed by atoms with Gasteiger partial charge >= 0.3 is 0 Å². The van der Waals surface area contributed by atoms with E-state index < -0.39 is 0 Å². The van der Waals surface area contributed by atoms with E-state index in [0.717, 1.165) is 46.8 Å². The van der Waals surface area contributed by atoms with E-state index in [1.807, 2.05) is 48.1 Å². The molecule has 6 heterocycles. The highest BCUT2D eigenvalue weighted by atomic mass is 16.1. The number of anilines is 3. The Balaban J connectivity index is 0.00000124. The van der Waals surface area contributed by atoms with Crippen molar-refractivity contribution in [3.63, 3.8) is 0 Å². The van der Waals surface area contributed by atoms with E-state index in [4.69, 9.17) is 9.97 Å². The maximum absolute atomic E-state index is 12.8. The summed E-state index contributed by atoms with van der Waals surface area (Å²) in [5.74, 6) is 1.58. The predicted octanol–water partition coefficient (Wildman–Crippen LogP) is 3.58. The van der Waals surface area contributed by atoms with Crippen molar-refractivity contribution in [1.29, 1.82) is 0 Å². The minimum absolute atomic E-state index is 0.0957. The van der Waals surface area contributed by atoms with Gasteiger partial charge in [0, 0.05) is 55.6 Å². The highest BCUT2D eigenvalue weighted by Gasteiger charge is 2.28. The first-order valence-corrected chi connectivity index (χ1v) is 12.0. The molecule has 0 unspecified atom stereocenters. The molecule has 1 fully saturated rings. The van der Waals surface area contributed by atoms with Crippen molar-refractivity contribution in [3.05, 3.63) is 60.0 Å². The quantitative estimate of drug-likeness (QED) is 0.418. The molecule has 0 aliphatic carbocycles. The summed E-state index contributed by atoms with van der Waals surface area (Å²) in [4.78, 5) is 29.2. The number of aromatic nitrogens is 4. The standard InChI is InChI=1S/C25H25N7O.CH5N/c1-31-13-9-17-16(8-10-26-24(17)31)23-18-14-28-25(33)22(18)19(15-27-23)29-20-6-5-7-21(30-20)32-11-3-2-4-12-32;1-2/h5-10,13,15H,2-4,11-12,14H2,1H3,(H,28,33)(H,29,30);2H2,1H3. The molecule has 1 amide bonds. The molecule has 4 aromatic heterocycles. The van der Waals surface area contributed by atoms with Crippen molar-refractivity contribution in [3.8, 4) is 11.3 Å². The summed E-state index contributed by atoms with van der Waals surface area (Å²) in [7, 11) is 3.47. The molecule has 1 saturated heterocycles. The van der Waals surface area contributed by atoms with Crippen LogP contribution in [0.1, 0.15) is 35.2 Å². The van der Waals surface area contributed by atoms with Gasteiger partial charge in [0.25, 0.3) is 5.91 Å². The van der Waals surface area contributed by atoms with E-state index in [2.05, 4.69) is 26.3 Å². The summed E-state index contributed by atoms with van der Waals surface area (Å²) in [6.45, 7) is 2.51. The number of nitrogens with one attached hydrogen (secondary N) is 2. The third-order valence-corrected chi connectivity index (χ3v) is 6.53. The smallest absolute Gasteiger partial charge is 0.254 e. The zero-order chi connectivity index (χ0) is 24.4. The lowest BCUT2D eigenvalue weighted by atomic mass is 10.0. The molecule has 0 radical (unpaired) electrons. The number of piperidine rings is 1. The zero-order valence-corrected chi connectivity index (χ0v) is 20.1. The third-order valence-electron chi connectivity index (χ3n) is 6.53. The number of fused-ring (bicyclic) bond motifs is 2. The highest BCUT2D eigenvalue weighted by Crippen LogP contribution is 2.36. The van der Waals surface area contributed by atoms with Crippen LogP contribution in [-0.2, 0) is 13.6 Å². The predicted molar refractivity (Wildman–Crippen MR) is 139 cm³/mol. The molecule has 0 saturated carbocycles. The van der Waals surface area contributed by atoms with Crippen LogP contribution in [0.4, 0.5) is 17.3 Å². The number of aryl methyl sites for hydroxylation is 1. The molecule has 0 bridgehead atoms. The van der Waals surface area contributed by atoms with Gasteiger partial charge in [-0.25, -0.2) is 9.97 Å². The summed E-state index contributed by atoms with van der Waals surface area (Å²) in [5.41, 5.74) is 9.37. The fraction of sp³-hybridized carbons (Fsp3) is 0.308. The molecule has 6 rings (SSSR count). The normalized spacial score (nSPS) is 14.8. The van der Waals surface area contributed by atoms with Crippen molar-refractivity contribution >= 4 is 34.3 Å². The van der Waals surface area contributed by atoms with E-state index >= 15 is 0 Å². The molecule has 9 nitrogen and oxygen atoms in total. The van der Waals surface area contributed by atoms with Crippen molar-refractivity contribution in [1.82, 2.24) is 24.8 Å². The van der Waals surface area contributed by atoms with Gasteiger partial charge in [-0.1, -0.05) is 6.07 Å². The van der Waals surface area contributed by atoms with E-state index in [1.165, 1.54) is 26.3 Å². The SMILES string of the molecule is CN.Cn1ccc2c(-c3ncc(Nc4cccc(N5CCCCC5)n4)c4c3CNC4=O)ccnc21. The number of carbonyl (C=O) groups is 1. The van der Waals surface area contributed by atoms with Crippen LogP contribution < -0.4 is 21.3 Å². The minimum Gasteiger partial charge on any atom is -0.357 e. The van der Waals surface area contributed by atoms with Crippen molar-refractivity contribution in [2.24, 2.45) is 12.8 Å². The van der Waals surface area contributed by atoms with Gasteiger partial charge in [0.05, 0.1) is 23.1 Å². The largest absolute Gasteiger partial charge is 0.357 e. The van der Waals surface area contributed by atoms with Gasteiger partial charge in [-0.05, 0) is 50.6 Å². The Kier molecular flexibility index (Phi) is 6.33. The Morgan fingerprint density at radius 1 is 1.06 bits per heavy atom. The van der Waals surface area contributed by atoms with Crippen LogP contribution in [0.2, 0.25) is 0 Å². The van der Waals surface area contributed by atoms with Gasteiger partial charge in [-0.15, -0.1) is 0 Å². The minimum atomic E-state index is -0.0957. The van der Waals surface area contributed by atoms with Gasteiger partial charge in [-0.2, -0.15) is 0 Å². The maximum atomic E-state index is 12.8. The molecule has 2 aliphatic heterocycles. The van der Waals surface area contributed by atoms with Crippen LogP contribution in [0.25, 0.3) is 22.3 Å². The highest BCUT2D eigenvalue weighted by molar-refractivity contribution is 6.06. The van der Waals surface area contributed by atoms with Crippen molar-refractivity contribution in [2.75, 3.05) is 30.4 Å². The first kappa shape index (κ1) is 22.8. The van der Waals surface area contributed by atoms with Crippen LogP contribution in [-0.4, -0.2) is 45.6 Å². The molecule has 2 aliphatic rings. The number of carbonyl (C=O) groups excluding carboxylic acids is 1. The lowest BCUT2D eigenvalue weighted by Gasteiger charge is -2.28. The number of rotatable bonds is 4. The molecule has 180 valence electrons. The fourth-order valence-electron chi connectivity index (χ4n) is 4.87. The molecule has 0 atom stereocenters. The van der Waals surface area contributed by atoms with Crippen LogP contribution in [0.5, 0.6) is 0 Å². The fourth-order valence-corrected chi connectivity index (χ4v) is 4.87. The van der Waals surface area contributed by atoms with Gasteiger partial charge in [-0.3, -0.25) is 9.78 Å². The topological polar surface area (TPSA) is 114 Å². The summed E-state index contributed by atoms with van der Waals surface area (Å²) in [6.07, 6.45) is 9.19. The van der Waals surface area contributed by atoms with Crippen LogP contribution in [0.15, 0.2) is 48.9 Å². The van der Waals surface area contributed by atoms with Gasteiger partial charge < -0.3 is 25.8 Å². The Morgan fingerprint density at radius 3 is 2.71 bits per heavy atom. The molecule has 4 N–H and O–H groups in total. The first-order chi connectivity index (χ1) is 17.2. The van der Waals surface area contributed by atoms with Crippen LogP contribution in [0, 0.1) is 0 Å². The summed E-state index contributed by atoms with van der Waals surface area (Å²) < 4.78 is 1.99. The molecule has 35 heavy (non-hydrogen) atoms. The lowest BCUT2D eigenvalue weighted by Crippen LogP contribution is -2.30. The average Bonchev–Trinajstić information content (AvgIpc) is 3.49. The van der Waals surface area contributed by atoms with Gasteiger partial charge in [0.15, 0.2) is 0 Å². The van der Waals surface area contributed by atoms with Crippen LogP contribution >= 0.6 is 0 Å². The number of nitrogens with two attached hydrogens (primary N) is 1. The number of pyridine rings is 3. The number of hydrogen-bond donors (Lipinski definition) is 3. The summed E-state index contributed by atoms with van der Waals surface area (Å²) in [5, 5.41) is 7.34. The van der Waals surface area contributed by atoms with Crippen LogP contribution in [0.3, 0.4) is 0 Å². The van der Waals surface area contributed by atoms with E-state index in [-0.39, 0.29) is 5.91 Å². The second kappa shape index (κ2) is 9.71. The van der Waals surface area contributed by atoms with E-state index in [9.17, 15) is 4.79 Å². The molecule has 0 spiro atoms. The molecular formula is C26H30N8O. The summed E-state index contributed by atoms with van der Waals surface area (Å²) in [6, 6.07) is 9.98. The Hall–Kier alpha value is -3.98. The van der Waals surface area contributed by atoms with Crippen molar-refractivity contribution in [2.45, 2.75) is 25.8 Å². The second-order valence-electron chi connectivity index (χ2n) is 8.63. The number of amides is 1. The summed E-state index contributed by atoms with van der Waals surface area (Å²) >= 11 is 0.